The lowest BCUT2D eigenvalue weighted by atomic mass is 9.93. The van der Waals surface area contributed by atoms with Crippen molar-refractivity contribution < 1.29 is 24.2 Å². The molecular formula is C27H30N2O5. The Hall–Kier alpha value is -3.35. The van der Waals surface area contributed by atoms with Crippen LogP contribution in [0, 0.1) is 5.92 Å². The number of ether oxygens (including phenoxy) is 1. The van der Waals surface area contributed by atoms with E-state index < -0.39 is 17.6 Å². The number of carboxylic acids is 1. The number of nitrogens with one attached hydrogen (secondary N) is 1. The second-order valence-electron chi connectivity index (χ2n) is 9.82. The van der Waals surface area contributed by atoms with Gasteiger partial charge in [0.05, 0.1) is 6.42 Å². The minimum Gasteiger partial charge on any atom is -0.481 e. The fourth-order valence-corrected chi connectivity index (χ4v) is 5.65. The Kier molecular flexibility index (Phi) is 5.80. The molecule has 5 rings (SSSR count). The Morgan fingerprint density at radius 3 is 2.24 bits per heavy atom. The van der Waals surface area contributed by atoms with Gasteiger partial charge in [-0.05, 0) is 60.8 Å². The Balaban J connectivity index is 1.29. The average molecular weight is 463 g/mol. The molecule has 2 atom stereocenters. The molecule has 0 radical (unpaired) electrons. The van der Waals surface area contributed by atoms with Crippen molar-refractivity contribution in [2.75, 3.05) is 13.2 Å². The minimum absolute atomic E-state index is 0.0339. The fraction of sp³-hybridized carbons (Fsp3) is 0.444. The molecule has 0 aromatic heterocycles. The molecule has 2 aromatic rings. The van der Waals surface area contributed by atoms with Gasteiger partial charge in [-0.25, -0.2) is 4.79 Å². The van der Waals surface area contributed by atoms with Gasteiger partial charge in [-0.1, -0.05) is 48.5 Å². The molecule has 1 unspecified atom stereocenters. The van der Waals surface area contributed by atoms with Gasteiger partial charge in [0.25, 0.3) is 0 Å². The Morgan fingerprint density at radius 2 is 1.65 bits per heavy atom. The topological polar surface area (TPSA) is 95.9 Å². The highest BCUT2D eigenvalue weighted by Crippen LogP contribution is 2.45. The van der Waals surface area contributed by atoms with Crippen LogP contribution in [0.4, 0.5) is 4.79 Å². The second-order valence-corrected chi connectivity index (χ2v) is 9.82. The van der Waals surface area contributed by atoms with Gasteiger partial charge in [-0.15, -0.1) is 0 Å². The van der Waals surface area contributed by atoms with E-state index >= 15 is 0 Å². The van der Waals surface area contributed by atoms with Gasteiger partial charge < -0.3 is 20.1 Å². The van der Waals surface area contributed by atoms with Crippen LogP contribution in [0.3, 0.4) is 0 Å². The van der Waals surface area contributed by atoms with Crippen LogP contribution in [0.1, 0.15) is 56.1 Å². The van der Waals surface area contributed by atoms with Gasteiger partial charge in [0, 0.05) is 18.5 Å². The average Bonchev–Trinajstić information content (AvgIpc) is 3.52. The quantitative estimate of drug-likeness (QED) is 0.644. The number of amides is 2. The SMILES string of the molecule is CC(NC(=O)OCC1c2ccccc2-c2ccccc21)(C(=O)N1CCC[C@@H]1CC(=O)O)C1CC1. The van der Waals surface area contributed by atoms with Gasteiger partial charge in [-0.3, -0.25) is 9.59 Å². The van der Waals surface area contributed by atoms with E-state index in [2.05, 4.69) is 29.6 Å². The summed E-state index contributed by atoms with van der Waals surface area (Å²) in [5.41, 5.74) is 3.48. The molecule has 1 aliphatic heterocycles. The van der Waals surface area contributed by atoms with E-state index in [4.69, 9.17) is 4.74 Å². The van der Waals surface area contributed by atoms with Gasteiger partial charge in [0.2, 0.25) is 5.91 Å². The molecular weight excluding hydrogens is 432 g/mol. The maximum atomic E-state index is 13.5. The number of carboxylic acid groups (broad SMARTS) is 1. The van der Waals surface area contributed by atoms with Crippen molar-refractivity contribution in [1.82, 2.24) is 10.2 Å². The number of aliphatic carboxylic acids is 1. The third-order valence-electron chi connectivity index (χ3n) is 7.59. The summed E-state index contributed by atoms with van der Waals surface area (Å²) in [4.78, 5) is 39.4. The summed E-state index contributed by atoms with van der Waals surface area (Å²) in [7, 11) is 0. The van der Waals surface area contributed by atoms with Crippen LogP contribution in [0.5, 0.6) is 0 Å². The largest absolute Gasteiger partial charge is 0.481 e. The number of carbonyl (C=O) groups excluding carboxylic acids is 2. The molecule has 34 heavy (non-hydrogen) atoms. The molecule has 3 aliphatic rings. The summed E-state index contributed by atoms with van der Waals surface area (Å²) >= 11 is 0. The van der Waals surface area contributed by atoms with Gasteiger partial charge in [0.15, 0.2) is 0 Å². The van der Waals surface area contributed by atoms with Crippen LogP contribution >= 0.6 is 0 Å². The third-order valence-corrected chi connectivity index (χ3v) is 7.59. The summed E-state index contributed by atoms with van der Waals surface area (Å²) in [6.45, 7) is 2.45. The van der Waals surface area contributed by atoms with Crippen molar-refractivity contribution in [3.05, 3.63) is 59.7 Å². The van der Waals surface area contributed by atoms with Crippen LogP contribution in [-0.4, -0.2) is 52.7 Å². The number of carbonyl (C=O) groups is 3. The summed E-state index contributed by atoms with van der Waals surface area (Å²) < 4.78 is 5.70. The van der Waals surface area contributed by atoms with Crippen LogP contribution in [0.15, 0.2) is 48.5 Å². The van der Waals surface area contributed by atoms with Crippen LogP contribution in [-0.2, 0) is 14.3 Å². The highest BCUT2D eigenvalue weighted by atomic mass is 16.5. The number of benzene rings is 2. The van der Waals surface area contributed by atoms with Crippen molar-refractivity contribution >= 4 is 18.0 Å². The first kappa shape index (κ1) is 22.4. The third kappa shape index (κ3) is 4.04. The van der Waals surface area contributed by atoms with Crippen LogP contribution in [0.2, 0.25) is 0 Å². The molecule has 0 bridgehead atoms. The molecule has 7 heteroatoms. The van der Waals surface area contributed by atoms with E-state index in [1.165, 1.54) is 0 Å². The number of likely N-dealkylation sites (tertiary alicyclic amines) is 1. The van der Waals surface area contributed by atoms with Crippen molar-refractivity contribution in [3.8, 4) is 11.1 Å². The molecule has 1 saturated heterocycles. The first-order valence-corrected chi connectivity index (χ1v) is 12.0. The Labute approximate surface area is 199 Å². The molecule has 1 saturated carbocycles. The second kappa shape index (κ2) is 8.78. The Morgan fingerprint density at radius 1 is 1.03 bits per heavy atom. The van der Waals surface area contributed by atoms with E-state index in [0.717, 1.165) is 41.5 Å². The predicted molar refractivity (Wildman–Crippen MR) is 126 cm³/mol. The molecule has 1 heterocycles. The molecule has 2 aromatic carbocycles. The minimum atomic E-state index is -1.09. The Bertz CT molecular complexity index is 1080. The maximum Gasteiger partial charge on any atom is 0.408 e. The zero-order valence-electron chi connectivity index (χ0n) is 19.3. The normalized spacial score (nSPS) is 20.9. The molecule has 0 spiro atoms. The summed E-state index contributed by atoms with van der Waals surface area (Å²) in [5, 5.41) is 12.1. The summed E-state index contributed by atoms with van der Waals surface area (Å²) in [6, 6.07) is 16.0. The zero-order chi connectivity index (χ0) is 23.9. The lowest BCUT2D eigenvalue weighted by Crippen LogP contribution is -2.60. The standard InChI is InChI=1S/C27H30N2O5/c1-27(17-12-13-17,25(32)29-14-6-7-18(29)15-24(30)31)28-26(33)34-16-23-21-10-4-2-8-19(21)20-9-3-5-11-22(20)23/h2-5,8-11,17-18,23H,6-7,12-16H2,1H3,(H,28,33)(H,30,31)/t18-,27?/m1/s1. The number of rotatable bonds is 7. The van der Waals surface area contributed by atoms with E-state index in [1.807, 2.05) is 24.3 Å². The first-order valence-electron chi connectivity index (χ1n) is 12.0. The lowest BCUT2D eigenvalue weighted by molar-refractivity contribution is -0.143. The molecule has 2 fully saturated rings. The molecule has 2 aliphatic carbocycles. The highest BCUT2D eigenvalue weighted by molar-refractivity contribution is 5.91. The van der Waals surface area contributed by atoms with Gasteiger partial charge >= 0.3 is 12.1 Å². The molecule has 178 valence electrons. The van der Waals surface area contributed by atoms with E-state index in [-0.39, 0.29) is 36.8 Å². The molecule has 7 nitrogen and oxygen atoms in total. The van der Waals surface area contributed by atoms with Crippen molar-refractivity contribution in [1.29, 1.82) is 0 Å². The number of nitrogens with zero attached hydrogens (tertiary/aromatic N) is 1. The molecule has 2 N–H and O–H groups in total. The van der Waals surface area contributed by atoms with Gasteiger partial charge in [-0.2, -0.15) is 0 Å². The fourth-order valence-electron chi connectivity index (χ4n) is 5.65. The van der Waals surface area contributed by atoms with E-state index in [9.17, 15) is 19.5 Å². The molecule has 2 amide bonds. The number of hydrogen-bond donors (Lipinski definition) is 2. The maximum absolute atomic E-state index is 13.5. The monoisotopic (exact) mass is 462 g/mol. The van der Waals surface area contributed by atoms with Gasteiger partial charge in [0.1, 0.15) is 12.1 Å². The first-order chi connectivity index (χ1) is 16.4. The summed E-state index contributed by atoms with van der Waals surface area (Å²) in [5.74, 6) is -1.14. The predicted octanol–water partition coefficient (Wildman–Crippen LogP) is 4.16. The van der Waals surface area contributed by atoms with Crippen LogP contribution < -0.4 is 5.32 Å². The lowest BCUT2D eigenvalue weighted by Gasteiger charge is -2.36. The van der Waals surface area contributed by atoms with E-state index in [1.54, 1.807) is 11.8 Å². The van der Waals surface area contributed by atoms with Crippen molar-refractivity contribution in [2.24, 2.45) is 5.92 Å². The van der Waals surface area contributed by atoms with E-state index in [0.29, 0.717) is 13.0 Å². The van der Waals surface area contributed by atoms with Crippen LogP contribution in [0.25, 0.3) is 11.1 Å². The zero-order valence-corrected chi connectivity index (χ0v) is 19.3. The van der Waals surface area contributed by atoms with Crippen molar-refractivity contribution in [2.45, 2.75) is 56.5 Å². The summed E-state index contributed by atoms with van der Waals surface area (Å²) in [6.07, 6.45) is 2.46. The van der Waals surface area contributed by atoms with Crippen molar-refractivity contribution in [3.63, 3.8) is 0 Å². The smallest absolute Gasteiger partial charge is 0.408 e. The highest BCUT2D eigenvalue weighted by Gasteiger charge is 2.52. The number of fused-ring (bicyclic) bond motifs is 3. The number of alkyl carbamates (subject to hydrolysis) is 1. The number of hydrogen-bond acceptors (Lipinski definition) is 4.